The fraction of sp³-hybridized carbons (Fsp3) is 0.391. The Kier molecular flexibility index (Phi) is 8.69. The first-order valence-corrected chi connectivity index (χ1v) is 11.9. The van der Waals surface area contributed by atoms with Crippen LogP contribution in [-0.4, -0.2) is 39.7 Å². The maximum atomic E-state index is 12.9. The summed E-state index contributed by atoms with van der Waals surface area (Å²) in [6.45, 7) is 7.26. The third-order valence-corrected chi connectivity index (χ3v) is 5.88. The maximum Gasteiger partial charge on any atom is 0.407 e. The molecule has 0 fully saturated rings. The second-order valence-electron chi connectivity index (χ2n) is 8.39. The van der Waals surface area contributed by atoms with Crippen LogP contribution in [0.15, 0.2) is 47.4 Å². The number of hydrogen-bond acceptors (Lipinski definition) is 6. The number of carbonyl (C=O) groups excluding carboxylic acids is 2. The number of methoxy groups -OCH3 is 1. The number of aryl methyl sites for hydroxylation is 1. The zero-order valence-electron chi connectivity index (χ0n) is 19.5. The van der Waals surface area contributed by atoms with E-state index in [4.69, 9.17) is 9.47 Å². The molecule has 2 amide bonds. The molecule has 0 saturated carbocycles. The lowest BCUT2D eigenvalue weighted by atomic mass is 10.2. The van der Waals surface area contributed by atoms with Crippen molar-refractivity contribution in [2.75, 3.05) is 23.7 Å². The minimum Gasteiger partial charge on any atom is -0.497 e. The molecule has 0 aliphatic rings. The number of carbonyl (C=O) groups is 2. The van der Waals surface area contributed by atoms with Gasteiger partial charge >= 0.3 is 6.09 Å². The van der Waals surface area contributed by atoms with Gasteiger partial charge in [0.05, 0.1) is 12.0 Å². The molecule has 0 spiro atoms. The summed E-state index contributed by atoms with van der Waals surface area (Å²) in [5, 5.41) is 5.28. The van der Waals surface area contributed by atoms with Crippen LogP contribution in [0.25, 0.3) is 0 Å². The zero-order valence-corrected chi connectivity index (χ0v) is 20.3. The van der Waals surface area contributed by atoms with Gasteiger partial charge in [-0.05, 0) is 76.1 Å². The smallest absolute Gasteiger partial charge is 0.407 e. The number of hydrogen-bond donors (Lipinski definition) is 3. The molecule has 180 valence electrons. The van der Waals surface area contributed by atoms with E-state index in [9.17, 15) is 18.0 Å². The summed E-state index contributed by atoms with van der Waals surface area (Å²) < 4.78 is 38.5. The number of sulfonamides is 1. The van der Waals surface area contributed by atoms with E-state index in [1.165, 1.54) is 13.2 Å². The average molecular weight is 478 g/mol. The van der Waals surface area contributed by atoms with Crippen LogP contribution >= 0.6 is 0 Å². The third kappa shape index (κ3) is 8.64. The predicted molar refractivity (Wildman–Crippen MR) is 127 cm³/mol. The van der Waals surface area contributed by atoms with Crippen LogP contribution in [-0.2, 0) is 19.6 Å². The van der Waals surface area contributed by atoms with Crippen molar-refractivity contribution in [1.82, 2.24) is 5.32 Å². The van der Waals surface area contributed by atoms with Crippen molar-refractivity contribution in [3.8, 4) is 5.75 Å². The largest absolute Gasteiger partial charge is 0.497 e. The molecule has 0 aliphatic carbocycles. The second-order valence-corrected chi connectivity index (χ2v) is 10.0. The molecule has 2 rings (SSSR count). The fourth-order valence-electron chi connectivity index (χ4n) is 2.81. The summed E-state index contributed by atoms with van der Waals surface area (Å²) in [5.74, 6) is 0.316. The normalized spacial score (nSPS) is 11.4. The van der Waals surface area contributed by atoms with Gasteiger partial charge in [-0.3, -0.25) is 9.52 Å². The van der Waals surface area contributed by atoms with Gasteiger partial charge in [-0.25, -0.2) is 13.2 Å². The van der Waals surface area contributed by atoms with Crippen molar-refractivity contribution < 1.29 is 27.5 Å². The van der Waals surface area contributed by atoms with Gasteiger partial charge in [0.2, 0.25) is 5.91 Å². The molecule has 0 heterocycles. The maximum absolute atomic E-state index is 12.9. The van der Waals surface area contributed by atoms with Crippen LogP contribution in [0.5, 0.6) is 5.75 Å². The zero-order chi connectivity index (χ0) is 24.6. The van der Waals surface area contributed by atoms with Crippen LogP contribution in [0.2, 0.25) is 0 Å². The minimum atomic E-state index is -3.87. The molecule has 0 atom stereocenters. The van der Waals surface area contributed by atoms with Crippen molar-refractivity contribution in [2.24, 2.45) is 0 Å². The Hall–Kier alpha value is -3.27. The lowest BCUT2D eigenvalue weighted by Gasteiger charge is -2.19. The third-order valence-electron chi connectivity index (χ3n) is 4.35. The fourth-order valence-corrected chi connectivity index (χ4v) is 4.14. The number of rotatable bonds is 9. The summed E-state index contributed by atoms with van der Waals surface area (Å²) in [6.07, 6.45) is 0.0115. The summed E-state index contributed by atoms with van der Waals surface area (Å²) >= 11 is 0. The molecule has 10 heteroatoms. The Morgan fingerprint density at radius 2 is 1.64 bits per heavy atom. The van der Waals surface area contributed by atoms with Crippen LogP contribution in [0.1, 0.15) is 39.2 Å². The molecular formula is C23H31N3O6S. The highest BCUT2D eigenvalue weighted by molar-refractivity contribution is 7.92. The van der Waals surface area contributed by atoms with Gasteiger partial charge in [-0.2, -0.15) is 0 Å². The standard InChI is InChI=1S/C23H31N3O6S/c1-16-8-9-18(25-21(27)7-6-14-24-22(28)32-23(2,3)4)15-20(16)33(29,30)26-17-10-12-19(31-5)13-11-17/h8-13,15,26H,6-7,14H2,1-5H3,(H,24,28)(H,25,27). The minimum absolute atomic E-state index is 0.0581. The van der Waals surface area contributed by atoms with Gasteiger partial charge in [0.15, 0.2) is 0 Å². The summed E-state index contributed by atoms with van der Waals surface area (Å²) in [6, 6.07) is 11.2. The van der Waals surface area contributed by atoms with Crippen LogP contribution in [0.4, 0.5) is 16.2 Å². The SMILES string of the molecule is COc1ccc(NS(=O)(=O)c2cc(NC(=O)CCCNC(=O)OC(C)(C)C)ccc2C)cc1. The average Bonchev–Trinajstić information content (AvgIpc) is 2.71. The van der Waals surface area contributed by atoms with Crippen molar-refractivity contribution in [1.29, 1.82) is 0 Å². The summed E-state index contributed by atoms with van der Waals surface area (Å²) in [7, 11) is -2.34. The molecule has 3 N–H and O–H groups in total. The Morgan fingerprint density at radius 1 is 1.00 bits per heavy atom. The highest BCUT2D eigenvalue weighted by Crippen LogP contribution is 2.24. The van der Waals surface area contributed by atoms with Gasteiger partial charge in [0.25, 0.3) is 10.0 Å². The van der Waals surface area contributed by atoms with Crippen LogP contribution in [0, 0.1) is 6.92 Å². The molecule has 0 bridgehead atoms. The van der Waals surface area contributed by atoms with E-state index in [0.717, 1.165) is 0 Å². The van der Waals surface area contributed by atoms with Gasteiger partial charge in [0, 0.05) is 24.3 Å². The number of amides is 2. The molecule has 2 aromatic carbocycles. The molecule has 0 saturated heterocycles. The topological polar surface area (TPSA) is 123 Å². The first kappa shape index (κ1) is 26.0. The van der Waals surface area contributed by atoms with Crippen molar-refractivity contribution >= 4 is 33.4 Å². The van der Waals surface area contributed by atoms with Crippen molar-refractivity contribution in [3.05, 3.63) is 48.0 Å². The van der Waals surface area contributed by atoms with E-state index >= 15 is 0 Å². The quantitative estimate of drug-likeness (QED) is 0.468. The summed E-state index contributed by atoms with van der Waals surface area (Å²) in [5.41, 5.74) is 0.700. The van der Waals surface area contributed by atoms with Crippen LogP contribution < -0.4 is 20.1 Å². The lowest BCUT2D eigenvalue weighted by molar-refractivity contribution is -0.116. The van der Waals surface area contributed by atoms with E-state index in [1.807, 2.05) is 0 Å². The number of alkyl carbamates (subject to hydrolysis) is 1. The monoisotopic (exact) mass is 477 g/mol. The molecule has 9 nitrogen and oxygen atoms in total. The predicted octanol–water partition coefficient (Wildman–Crippen LogP) is 4.05. The molecule has 0 aliphatic heterocycles. The summed E-state index contributed by atoms with van der Waals surface area (Å²) in [4.78, 5) is 23.9. The molecule has 33 heavy (non-hydrogen) atoms. The second kappa shape index (κ2) is 11.0. The number of benzene rings is 2. The van der Waals surface area contributed by atoms with E-state index in [0.29, 0.717) is 29.1 Å². The Bertz CT molecular complexity index is 1080. The van der Waals surface area contributed by atoms with Gasteiger partial charge in [0.1, 0.15) is 11.4 Å². The Balaban J connectivity index is 1.95. The van der Waals surface area contributed by atoms with E-state index in [-0.39, 0.29) is 23.8 Å². The molecule has 0 unspecified atom stereocenters. The highest BCUT2D eigenvalue weighted by atomic mass is 32.2. The molecule has 2 aromatic rings. The molecule has 0 aromatic heterocycles. The first-order valence-electron chi connectivity index (χ1n) is 10.4. The Morgan fingerprint density at radius 3 is 2.24 bits per heavy atom. The number of ether oxygens (including phenoxy) is 2. The van der Waals surface area contributed by atoms with E-state index < -0.39 is 21.7 Å². The number of anilines is 2. The molecule has 0 radical (unpaired) electrons. The van der Waals surface area contributed by atoms with Crippen molar-refractivity contribution in [2.45, 2.75) is 51.0 Å². The van der Waals surface area contributed by atoms with E-state index in [1.54, 1.807) is 64.1 Å². The molecular weight excluding hydrogens is 446 g/mol. The Labute approximate surface area is 194 Å². The number of nitrogens with one attached hydrogen (secondary N) is 3. The van der Waals surface area contributed by atoms with Gasteiger partial charge in [-0.15, -0.1) is 0 Å². The highest BCUT2D eigenvalue weighted by Gasteiger charge is 2.19. The lowest BCUT2D eigenvalue weighted by Crippen LogP contribution is -2.33. The van der Waals surface area contributed by atoms with Crippen LogP contribution in [0.3, 0.4) is 0 Å². The van der Waals surface area contributed by atoms with E-state index in [2.05, 4.69) is 15.4 Å². The van der Waals surface area contributed by atoms with Gasteiger partial charge < -0.3 is 20.1 Å². The first-order chi connectivity index (χ1) is 15.4. The van der Waals surface area contributed by atoms with Crippen molar-refractivity contribution in [3.63, 3.8) is 0 Å². The van der Waals surface area contributed by atoms with Gasteiger partial charge in [-0.1, -0.05) is 6.07 Å².